The van der Waals surface area contributed by atoms with E-state index in [0.29, 0.717) is 12.1 Å². The first-order valence-electron chi connectivity index (χ1n) is 10.8. The molecule has 0 spiro atoms. The minimum absolute atomic E-state index is 0.0444. The van der Waals surface area contributed by atoms with Gasteiger partial charge in [0.1, 0.15) is 0 Å². The van der Waals surface area contributed by atoms with Gasteiger partial charge in [-0.25, -0.2) is 0 Å². The van der Waals surface area contributed by atoms with Gasteiger partial charge in [0.25, 0.3) is 5.91 Å². The molecule has 3 heterocycles. The molecule has 1 aliphatic heterocycles. The Bertz CT molecular complexity index is 1430. The zero-order chi connectivity index (χ0) is 20.8. The quantitative estimate of drug-likeness (QED) is 0.417. The van der Waals surface area contributed by atoms with Crippen molar-refractivity contribution in [1.82, 2.24) is 20.2 Å². The predicted octanol–water partition coefficient (Wildman–Crippen LogP) is 4.02. The molecule has 1 amide bonds. The van der Waals surface area contributed by atoms with Crippen molar-refractivity contribution in [2.24, 2.45) is 0 Å². The van der Waals surface area contributed by atoms with E-state index in [1.807, 2.05) is 30.3 Å². The van der Waals surface area contributed by atoms with Crippen molar-refractivity contribution in [3.8, 4) is 0 Å². The highest BCUT2D eigenvalue weighted by molar-refractivity contribution is 6.28. The Morgan fingerprint density at radius 3 is 2.39 bits per heavy atom. The van der Waals surface area contributed by atoms with Crippen LogP contribution in [0.4, 0.5) is 0 Å². The van der Waals surface area contributed by atoms with Crippen LogP contribution < -0.4 is 5.32 Å². The molecule has 3 N–H and O–H groups in total. The molecule has 6 heteroatoms. The lowest BCUT2D eigenvalue weighted by molar-refractivity contribution is 0.0383. The molecule has 1 saturated heterocycles. The molecule has 6 rings (SSSR count). The molecule has 2 aromatic heterocycles. The molecule has 31 heavy (non-hydrogen) atoms. The van der Waals surface area contributed by atoms with Crippen molar-refractivity contribution in [2.45, 2.75) is 0 Å². The highest BCUT2D eigenvalue weighted by atomic mass is 16.5. The summed E-state index contributed by atoms with van der Waals surface area (Å²) in [5.74, 6) is -0.0444. The average molecular weight is 412 g/mol. The Kier molecular flexibility index (Phi) is 4.40. The standard InChI is InChI=1S/C25H24N4O2/c30-25(26-9-10-29-11-13-31-14-12-29)19-15-18-16-5-1-3-7-20(16)27-23(18)22-17-6-2-4-8-21(17)28-24(19)22/h1-8,15,27-28H,9-14H2,(H,26,30). The zero-order valence-corrected chi connectivity index (χ0v) is 17.2. The first kappa shape index (κ1) is 18.4. The number of morpholine rings is 1. The molecule has 0 atom stereocenters. The second-order valence-corrected chi connectivity index (χ2v) is 8.15. The molecule has 0 aliphatic carbocycles. The summed E-state index contributed by atoms with van der Waals surface area (Å²) in [6.07, 6.45) is 0. The van der Waals surface area contributed by atoms with Crippen LogP contribution >= 0.6 is 0 Å². The van der Waals surface area contributed by atoms with Gasteiger partial charge in [0, 0.05) is 58.8 Å². The van der Waals surface area contributed by atoms with Crippen molar-refractivity contribution >= 4 is 49.5 Å². The van der Waals surface area contributed by atoms with Crippen LogP contribution in [0.25, 0.3) is 43.6 Å². The number of fused-ring (bicyclic) bond motifs is 7. The number of nitrogens with one attached hydrogen (secondary N) is 3. The predicted molar refractivity (Wildman–Crippen MR) is 125 cm³/mol. The van der Waals surface area contributed by atoms with E-state index in [4.69, 9.17) is 4.74 Å². The van der Waals surface area contributed by atoms with Crippen molar-refractivity contribution in [3.63, 3.8) is 0 Å². The van der Waals surface area contributed by atoms with Gasteiger partial charge < -0.3 is 20.0 Å². The van der Waals surface area contributed by atoms with Gasteiger partial charge in [0.2, 0.25) is 0 Å². The van der Waals surface area contributed by atoms with E-state index >= 15 is 0 Å². The zero-order valence-electron chi connectivity index (χ0n) is 17.2. The summed E-state index contributed by atoms with van der Waals surface area (Å²) in [5.41, 5.74) is 4.74. The van der Waals surface area contributed by atoms with Crippen molar-refractivity contribution in [1.29, 1.82) is 0 Å². The first-order chi connectivity index (χ1) is 15.3. The maximum Gasteiger partial charge on any atom is 0.253 e. The molecule has 156 valence electrons. The fraction of sp³-hybridized carbons (Fsp3) is 0.240. The van der Waals surface area contributed by atoms with Crippen LogP contribution in [0.2, 0.25) is 0 Å². The monoisotopic (exact) mass is 412 g/mol. The van der Waals surface area contributed by atoms with E-state index in [2.05, 4.69) is 44.5 Å². The third kappa shape index (κ3) is 3.07. The van der Waals surface area contributed by atoms with E-state index < -0.39 is 0 Å². The number of hydrogen-bond acceptors (Lipinski definition) is 3. The number of benzene rings is 3. The van der Waals surface area contributed by atoms with Crippen LogP contribution in [-0.2, 0) is 4.74 Å². The van der Waals surface area contributed by atoms with Crippen LogP contribution in [-0.4, -0.2) is 60.2 Å². The highest BCUT2D eigenvalue weighted by Crippen LogP contribution is 2.37. The summed E-state index contributed by atoms with van der Waals surface area (Å²) < 4.78 is 5.41. The van der Waals surface area contributed by atoms with Crippen LogP contribution in [0.1, 0.15) is 10.4 Å². The molecule has 1 fully saturated rings. The number of H-pyrrole nitrogens is 2. The lowest BCUT2D eigenvalue weighted by atomic mass is 10.0. The van der Waals surface area contributed by atoms with Gasteiger partial charge in [0.05, 0.1) is 29.8 Å². The van der Waals surface area contributed by atoms with E-state index in [0.717, 1.165) is 76.5 Å². The summed E-state index contributed by atoms with van der Waals surface area (Å²) in [6, 6.07) is 18.5. The van der Waals surface area contributed by atoms with Crippen LogP contribution in [0, 0.1) is 0 Å². The lowest BCUT2D eigenvalue weighted by Crippen LogP contribution is -2.41. The maximum atomic E-state index is 13.3. The number of aromatic nitrogens is 2. The highest BCUT2D eigenvalue weighted by Gasteiger charge is 2.20. The molecule has 5 aromatic rings. The van der Waals surface area contributed by atoms with Gasteiger partial charge in [-0.15, -0.1) is 0 Å². The first-order valence-corrected chi connectivity index (χ1v) is 10.8. The SMILES string of the molecule is O=C(NCCN1CCOCC1)c1cc2c3ccccc3[nH]c2c2c1[nH]c1ccccc12. The second-order valence-electron chi connectivity index (χ2n) is 8.15. The molecular weight excluding hydrogens is 388 g/mol. The van der Waals surface area contributed by atoms with Crippen molar-refractivity contribution < 1.29 is 9.53 Å². The molecule has 3 aromatic carbocycles. The minimum Gasteiger partial charge on any atom is -0.379 e. The third-order valence-electron chi connectivity index (χ3n) is 6.32. The van der Waals surface area contributed by atoms with E-state index in [1.54, 1.807) is 0 Å². The van der Waals surface area contributed by atoms with E-state index in [1.165, 1.54) is 0 Å². The van der Waals surface area contributed by atoms with Gasteiger partial charge in [-0.3, -0.25) is 9.69 Å². The lowest BCUT2D eigenvalue weighted by Gasteiger charge is -2.26. The van der Waals surface area contributed by atoms with Gasteiger partial charge >= 0.3 is 0 Å². The molecule has 0 radical (unpaired) electrons. The summed E-state index contributed by atoms with van der Waals surface area (Å²) in [5, 5.41) is 7.54. The second kappa shape index (κ2) is 7.41. The summed E-state index contributed by atoms with van der Waals surface area (Å²) in [6.45, 7) is 4.82. The number of carbonyl (C=O) groups is 1. The minimum atomic E-state index is -0.0444. The van der Waals surface area contributed by atoms with Crippen molar-refractivity contribution in [2.75, 3.05) is 39.4 Å². The summed E-state index contributed by atoms with van der Waals surface area (Å²) in [7, 11) is 0. The Morgan fingerprint density at radius 1 is 0.903 bits per heavy atom. The molecule has 1 aliphatic rings. The average Bonchev–Trinajstić information content (AvgIpc) is 3.37. The van der Waals surface area contributed by atoms with Crippen LogP contribution in [0.3, 0.4) is 0 Å². The summed E-state index contributed by atoms with van der Waals surface area (Å²) >= 11 is 0. The molecule has 6 nitrogen and oxygen atoms in total. The van der Waals surface area contributed by atoms with Gasteiger partial charge in [0.15, 0.2) is 0 Å². The Labute approximate surface area is 179 Å². The third-order valence-corrected chi connectivity index (χ3v) is 6.32. The molecule has 0 bridgehead atoms. The molecule has 0 saturated carbocycles. The fourth-order valence-electron chi connectivity index (χ4n) is 4.76. The Balaban J connectivity index is 1.46. The smallest absolute Gasteiger partial charge is 0.253 e. The number of aromatic amines is 2. The summed E-state index contributed by atoms with van der Waals surface area (Å²) in [4.78, 5) is 22.7. The number of rotatable bonds is 4. The van der Waals surface area contributed by atoms with E-state index in [9.17, 15) is 4.79 Å². The Hall–Kier alpha value is -3.35. The number of para-hydroxylation sites is 2. The topological polar surface area (TPSA) is 73.2 Å². The maximum absolute atomic E-state index is 13.3. The van der Waals surface area contributed by atoms with E-state index in [-0.39, 0.29) is 5.91 Å². The number of amides is 1. The number of hydrogen-bond donors (Lipinski definition) is 3. The number of nitrogens with zero attached hydrogens (tertiary/aromatic N) is 1. The van der Waals surface area contributed by atoms with Gasteiger partial charge in [-0.2, -0.15) is 0 Å². The van der Waals surface area contributed by atoms with Gasteiger partial charge in [-0.05, 0) is 18.2 Å². The Morgan fingerprint density at radius 2 is 1.58 bits per heavy atom. The number of ether oxygens (including phenoxy) is 1. The fourth-order valence-corrected chi connectivity index (χ4v) is 4.76. The largest absolute Gasteiger partial charge is 0.379 e. The van der Waals surface area contributed by atoms with Crippen molar-refractivity contribution in [3.05, 3.63) is 60.2 Å². The van der Waals surface area contributed by atoms with Crippen LogP contribution in [0.5, 0.6) is 0 Å². The van der Waals surface area contributed by atoms with Crippen LogP contribution in [0.15, 0.2) is 54.6 Å². The normalized spacial score (nSPS) is 15.4. The molecule has 0 unspecified atom stereocenters. The van der Waals surface area contributed by atoms with Gasteiger partial charge in [-0.1, -0.05) is 36.4 Å². The molecular formula is C25H24N4O2. The number of carbonyl (C=O) groups excluding carboxylic acids is 1.